The van der Waals surface area contributed by atoms with Crippen molar-refractivity contribution in [2.24, 2.45) is 5.73 Å². The van der Waals surface area contributed by atoms with Crippen molar-refractivity contribution in [3.8, 4) is 0 Å². The van der Waals surface area contributed by atoms with E-state index in [1.165, 1.54) is 12.5 Å². The molecule has 136 valence electrons. The Morgan fingerprint density at radius 1 is 1.21 bits per heavy atom. The van der Waals surface area contributed by atoms with Crippen molar-refractivity contribution in [3.63, 3.8) is 0 Å². The van der Waals surface area contributed by atoms with Crippen LogP contribution in [0, 0.1) is 0 Å². The number of carbonyl (C=O) groups excluding carboxylic acids is 1. The van der Waals surface area contributed by atoms with Crippen LogP contribution >= 0.6 is 0 Å². The molecule has 1 unspecified atom stereocenters. The predicted octanol–water partition coefficient (Wildman–Crippen LogP) is -1.46. The molecule has 0 aromatic heterocycles. The fraction of sp³-hybridized carbons (Fsp3) is 0.562. The van der Waals surface area contributed by atoms with Crippen molar-refractivity contribution in [2.45, 2.75) is 44.0 Å². The highest BCUT2D eigenvalue weighted by Gasteiger charge is 2.43. The van der Waals surface area contributed by atoms with Gasteiger partial charge in [0.05, 0.1) is 12.6 Å². The van der Waals surface area contributed by atoms with E-state index in [9.17, 15) is 15.0 Å². The number of aliphatic hydroxyl groups is 4. The monoisotopic (exact) mass is 343 g/mol. The van der Waals surface area contributed by atoms with Gasteiger partial charge in [-0.3, -0.25) is 4.79 Å². The molecular weight excluding hydrogens is 318 g/mol. The zero-order chi connectivity index (χ0) is 18.1. The maximum absolute atomic E-state index is 10.7. The molecule has 5 atom stereocenters. The van der Waals surface area contributed by atoms with Crippen molar-refractivity contribution in [1.82, 2.24) is 0 Å². The molecule has 1 aromatic rings. The number of nitrogens with two attached hydrogens (primary N) is 1. The number of benzene rings is 1. The van der Waals surface area contributed by atoms with Crippen LogP contribution in [0.3, 0.4) is 0 Å². The van der Waals surface area contributed by atoms with Gasteiger partial charge in [-0.05, 0) is 12.0 Å². The summed E-state index contributed by atoms with van der Waals surface area (Å²) in [6.45, 7) is 0.911. The van der Waals surface area contributed by atoms with Crippen LogP contribution in [0.1, 0.15) is 12.5 Å². The van der Waals surface area contributed by atoms with E-state index in [2.05, 4.69) is 4.74 Å². The van der Waals surface area contributed by atoms with Crippen LogP contribution in [0.25, 0.3) is 0 Å². The van der Waals surface area contributed by atoms with E-state index in [-0.39, 0.29) is 6.61 Å². The molecule has 1 aromatic carbocycles. The molecule has 8 nitrogen and oxygen atoms in total. The van der Waals surface area contributed by atoms with Gasteiger partial charge in [0.25, 0.3) is 0 Å². The molecule has 1 aliphatic heterocycles. The molecule has 0 saturated carbocycles. The van der Waals surface area contributed by atoms with E-state index in [0.29, 0.717) is 0 Å². The Bertz CT molecular complexity index is 483. The lowest BCUT2D eigenvalue weighted by Crippen LogP contribution is -2.62. The molecule has 1 saturated heterocycles. The van der Waals surface area contributed by atoms with Crippen molar-refractivity contribution in [1.29, 1.82) is 0 Å². The quantitative estimate of drug-likeness (QED) is 0.417. The average molecular weight is 343 g/mol. The summed E-state index contributed by atoms with van der Waals surface area (Å²) >= 11 is 0. The first kappa shape index (κ1) is 20.5. The largest absolute Gasteiger partial charge is 0.434 e. The summed E-state index contributed by atoms with van der Waals surface area (Å²) in [5.74, 6) is -0.615. The molecule has 8 heteroatoms. The molecule has 1 heterocycles. The molecule has 1 aliphatic rings. The number of esters is 1. The van der Waals surface area contributed by atoms with Crippen LogP contribution in [0.5, 0.6) is 0 Å². The van der Waals surface area contributed by atoms with Gasteiger partial charge in [-0.15, -0.1) is 0 Å². The van der Waals surface area contributed by atoms with Crippen LogP contribution in [0.4, 0.5) is 0 Å². The number of aliphatic hydroxyl groups excluding tert-OH is 4. The van der Waals surface area contributed by atoms with E-state index in [4.69, 9.17) is 20.7 Å². The Kier molecular flexibility index (Phi) is 8.83. The standard InChI is InChI=1S/C8H15NO6.C8H10O/c1-3(11)14-8-5(9)7(13)6(12)4(2-10)15-8;9-7-6-8-4-2-1-3-5-8/h4-8,10,12-13H,2,9H2,1H3;1-5,9H,6-7H2/t4-,5-,6-,7-,8?;/m1./s1. The van der Waals surface area contributed by atoms with Crippen LogP contribution < -0.4 is 5.73 Å². The van der Waals surface area contributed by atoms with E-state index in [1.54, 1.807) is 0 Å². The van der Waals surface area contributed by atoms with Gasteiger partial charge in [0.15, 0.2) is 0 Å². The van der Waals surface area contributed by atoms with Crippen LogP contribution in [0.2, 0.25) is 0 Å². The van der Waals surface area contributed by atoms with Gasteiger partial charge in [0.1, 0.15) is 18.3 Å². The van der Waals surface area contributed by atoms with Gasteiger partial charge in [-0.25, -0.2) is 0 Å². The minimum atomic E-state index is -1.31. The molecule has 0 bridgehead atoms. The molecule has 6 N–H and O–H groups in total. The minimum absolute atomic E-state index is 0.240. The highest BCUT2D eigenvalue weighted by Crippen LogP contribution is 2.20. The molecule has 1 fully saturated rings. The maximum atomic E-state index is 10.7. The molecule has 0 amide bonds. The fourth-order valence-electron chi connectivity index (χ4n) is 2.15. The van der Waals surface area contributed by atoms with E-state index in [1.807, 2.05) is 30.3 Å². The number of rotatable bonds is 4. The van der Waals surface area contributed by atoms with Gasteiger partial charge in [-0.1, -0.05) is 30.3 Å². The van der Waals surface area contributed by atoms with Crippen LogP contribution in [-0.4, -0.2) is 70.3 Å². The van der Waals surface area contributed by atoms with E-state index in [0.717, 1.165) is 6.42 Å². The third-order valence-electron chi connectivity index (χ3n) is 3.45. The minimum Gasteiger partial charge on any atom is -0.434 e. The van der Waals surface area contributed by atoms with Gasteiger partial charge < -0.3 is 35.6 Å². The van der Waals surface area contributed by atoms with E-state index >= 15 is 0 Å². The lowest BCUT2D eigenvalue weighted by Gasteiger charge is -2.39. The Morgan fingerprint density at radius 3 is 2.33 bits per heavy atom. The lowest BCUT2D eigenvalue weighted by atomic mass is 9.98. The predicted molar refractivity (Wildman–Crippen MR) is 84.7 cm³/mol. The fourth-order valence-corrected chi connectivity index (χ4v) is 2.15. The highest BCUT2D eigenvalue weighted by atomic mass is 16.7. The normalized spacial score (nSPS) is 29.3. The van der Waals surface area contributed by atoms with Crippen molar-refractivity contribution >= 4 is 5.97 Å². The van der Waals surface area contributed by atoms with Gasteiger partial charge in [0, 0.05) is 13.5 Å². The summed E-state index contributed by atoms with van der Waals surface area (Å²) in [7, 11) is 0. The van der Waals surface area contributed by atoms with Crippen LogP contribution in [-0.2, 0) is 20.7 Å². The van der Waals surface area contributed by atoms with Crippen molar-refractivity contribution in [2.75, 3.05) is 13.2 Å². The summed E-state index contributed by atoms with van der Waals surface area (Å²) in [4.78, 5) is 10.7. The molecule has 2 rings (SSSR count). The second kappa shape index (κ2) is 10.3. The zero-order valence-electron chi connectivity index (χ0n) is 13.5. The number of carbonyl (C=O) groups is 1. The molecule has 0 spiro atoms. The molecule has 24 heavy (non-hydrogen) atoms. The third kappa shape index (κ3) is 6.16. The summed E-state index contributed by atoms with van der Waals surface area (Å²) in [6, 6.07) is 8.91. The third-order valence-corrected chi connectivity index (χ3v) is 3.45. The van der Waals surface area contributed by atoms with E-state index < -0.39 is 43.2 Å². The first-order valence-corrected chi connectivity index (χ1v) is 7.60. The Hall–Kier alpha value is -1.55. The first-order chi connectivity index (χ1) is 11.4. The second-order valence-corrected chi connectivity index (χ2v) is 5.35. The smallest absolute Gasteiger partial charge is 0.304 e. The summed E-state index contributed by atoms with van der Waals surface area (Å²) < 4.78 is 9.70. The summed E-state index contributed by atoms with van der Waals surface area (Å²) in [5, 5.41) is 36.2. The SMILES string of the molecule is CC(=O)OC1O[C@H](CO)[C@@H](O)[C@H](O)[C@H]1N.OCCc1ccccc1. The molecular formula is C16H25NO7. The molecule has 0 radical (unpaired) electrons. The average Bonchev–Trinajstić information content (AvgIpc) is 2.57. The second-order valence-electron chi connectivity index (χ2n) is 5.35. The summed E-state index contributed by atoms with van der Waals surface area (Å²) in [6.07, 6.45) is -4.00. The Labute approximate surface area is 140 Å². The van der Waals surface area contributed by atoms with Gasteiger partial charge >= 0.3 is 5.97 Å². The Balaban J connectivity index is 0.000000272. The van der Waals surface area contributed by atoms with Crippen molar-refractivity contribution in [3.05, 3.63) is 35.9 Å². The van der Waals surface area contributed by atoms with Crippen LogP contribution in [0.15, 0.2) is 30.3 Å². The maximum Gasteiger partial charge on any atom is 0.304 e. The number of ether oxygens (including phenoxy) is 2. The van der Waals surface area contributed by atoms with Gasteiger partial charge in [0.2, 0.25) is 6.29 Å². The van der Waals surface area contributed by atoms with Crippen molar-refractivity contribution < 1.29 is 34.7 Å². The Morgan fingerprint density at radius 2 is 1.83 bits per heavy atom. The molecule has 0 aliphatic carbocycles. The van der Waals surface area contributed by atoms with Gasteiger partial charge in [-0.2, -0.15) is 0 Å². The topological polar surface area (TPSA) is 142 Å². The first-order valence-electron chi connectivity index (χ1n) is 7.60. The number of hydrogen-bond donors (Lipinski definition) is 5. The summed E-state index contributed by atoms with van der Waals surface area (Å²) in [5.41, 5.74) is 6.68. The lowest BCUT2D eigenvalue weighted by molar-refractivity contribution is -0.258. The highest BCUT2D eigenvalue weighted by molar-refractivity contribution is 5.66. The number of hydrogen-bond acceptors (Lipinski definition) is 8. The zero-order valence-corrected chi connectivity index (χ0v) is 13.5.